The second-order valence-electron chi connectivity index (χ2n) is 5.61. The van der Waals surface area contributed by atoms with Crippen LogP contribution in [0.2, 0.25) is 0 Å². The maximum absolute atomic E-state index is 13.2. The van der Waals surface area contributed by atoms with Crippen LogP contribution in [-0.4, -0.2) is 5.84 Å². The van der Waals surface area contributed by atoms with Crippen molar-refractivity contribution in [1.29, 1.82) is 0 Å². The van der Waals surface area contributed by atoms with E-state index in [9.17, 15) is 8.78 Å². The average Bonchev–Trinajstić information content (AvgIpc) is 2.56. The molecule has 0 amide bonds. The third kappa shape index (κ3) is 5.44. The van der Waals surface area contributed by atoms with E-state index < -0.39 is 5.92 Å². The molecule has 0 aliphatic rings. The SMILES string of the molecule is CC.Cc1ccc(C)c(C(N)=NCc2ccc(C(C)(F)F)cc2)c1. The summed E-state index contributed by atoms with van der Waals surface area (Å²) in [4.78, 5) is 4.37. The quantitative estimate of drug-likeness (QED) is 0.595. The minimum atomic E-state index is -2.82. The number of alkyl halides is 2. The lowest BCUT2D eigenvalue weighted by atomic mass is 10.0. The molecule has 0 saturated heterocycles. The van der Waals surface area contributed by atoms with Crippen molar-refractivity contribution >= 4 is 5.84 Å². The number of rotatable bonds is 4. The number of nitrogens with zero attached hydrogens (tertiary/aromatic N) is 1. The fourth-order valence-corrected chi connectivity index (χ4v) is 2.18. The lowest BCUT2D eigenvalue weighted by molar-refractivity contribution is 0.0174. The molecule has 0 fully saturated rings. The van der Waals surface area contributed by atoms with Crippen molar-refractivity contribution in [3.05, 3.63) is 70.3 Å². The lowest BCUT2D eigenvalue weighted by Gasteiger charge is -2.10. The van der Waals surface area contributed by atoms with Crippen LogP contribution in [0.4, 0.5) is 8.78 Å². The monoisotopic (exact) mass is 332 g/mol. The van der Waals surface area contributed by atoms with Crippen molar-refractivity contribution in [3.63, 3.8) is 0 Å². The van der Waals surface area contributed by atoms with E-state index in [1.807, 2.05) is 45.9 Å². The van der Waals surface area contributed by atoms with E-state index in [2.05, 4.69) is 4.99 Å². The van der Waals surface area contributed by atoms with E-state index in [1.54, 1.807) is 12.1 Å². The first-order valence-corrected chi connectivity index (χ1v) is 8.12. The molecule has 0 spiro atoms. The maximum Gasteiger partial charge on any atom is 0.270 e. The fourth-order valence-electron chi connectivity index (χ4n) is 2.18. The zero-order valence-corrected chi connectivity index (χ0v) is 15.0. The minimum Gasteiger partial charge on any atom is -0.383 e. The summed E-state index contributed by atoms with van der Waals surface area (Å²) in [6.45, 7) is 9.24. The van der Waals surface area contributed by atoms with Crippen molar-refractivity contribution in [2.24, 2.45) is 10.7 Å². The zero-order chi connectivity index (χ0) is 18.3. The molecule has 0 aliphatic heterocycles. The smallest absolute Gasteiger partial charge is 0.270 e. The number of amidine groups is 1. The van der Waals surface area contributed by atoms with Gasteiger partial charge in [0.25, 0.3) is 5.92 Å². The molecule has 24 heavy (non-hydrogen) atoms. The van der Waals surface area contributed by atoms with Crippen LogP contribution in [0.3, 0.4) is 0 Å². The summed E-state index contributed by atoms with van der Waals surface area (Å²) in [6, 6.07) is 12.2. The average molecular weight is 332 g/mol. The number of benzene rings is 2. The van der Waals surface area contributed by atoms with Crippen LogP contribution >= 0.6 is 0 Å². The molecule has 0 heterocycles. The van der Waals surface area contributed by atoms with E-state index >= 15 is 0 Å². The molecule has 2 rings (SSSR count). The van der Waals surface area contributed by atoms with Crippen molar-refractivity contribution < 1.29 is 8.78 Å². The summed E-state index contributed by atoms with van der Waals surface area (Å²) in [7, 11) is 0. The number of halogens is 2. The largest absolute Gasteiger partial charge is 0.383 e. The van der Waals surface area contributed by atoms with Gasteiger partial charge in [0.05, 0.1) is 6.54 Å². The van der Waals surface area contributed by atoms with Crippen LogP contribution in [0.1, 0.15) is 48.6 Å². The number of hydrogen-bond donors (Lipinski definition) is 1. The summed E-state index contributed by atoms with van der Waals surface area (Å²) >= 11 is 0. The summed E-state index contributed by atoms with van der Waals surface area (Å²) in [6.07, 6.45) is 0. The van der Waals surface area contributed by atoms with Gasteiger partial charge in [-0.05, 0) is 31.0 Å². The number of aryl methyl sites for hydroxylation is 2. The molecular formula is C20H26F2N2. The predicted octanol–water partition coefficient (Wildman–Crippen LogP) is 5.35. The highest BCUT2D eigenvalue weighted by molar-refractivity contribution is 5.98. The second-order valence-corrected chi connectivity index (χ2v) is 5.61. The van der Waals surface area contributed by atoms with E-state index in [1.165, 1.54) is 12.1 Å². The Hall–Kier alpha value is -2.23. The molecule has 2 aromatic rings. The number of hydrogen-bond acceptors (Lipinski definition) is 1. The van der Waals surface area contributed by atoms with Crippen LogP contribution in [0.25, 0.3) is 0 Å². The van der Waals surface area contributed by atoms with Gasteiger partial charge < -0.3 is 5.73 Å². The van der Waals surface area contributed by atoms with Gasteiger partial charge in [0, 0.05) is 18.1 Å². The second kappa shape index (κ2) is 8.57. The van der Waals surface area contributed by atoms with Crippen LogP contribution < -0.4 is 5.73 Å². The molecule has 0 radical (unpaired) electrons. The molecule has 0 saturated carbocycles. The van der Waals surface area contributed by atoms with Gasteiger partial charge in [0.1, 0.15) is 5.84 Å². The summed E-state index contributed by atoms with van der Waals surface area (Å²) in [5.74, 6) is -2.36. The Bertz CT molecular complexity index is 684. The van der Waals surface area contributed by atoms with E-state index in [4.69, 9.17) is 5.73 Å². The summed E-state index contributed by atoms with van der Waals surface area (Å²) < 4.78 is 26.3. The van der Waals surface area contributed by atoms with Crippen LogP contribution in [-0.2, 0) is 12.5 Å². The highest BCUT2D eigenvalue weighted by atomic mass is 19.3. The standard InChI is InChI=1S/C18H20F2N2.C2H6/c1-12-4-5-13(2)16(10-12)17(21)22-11-14-6-8-15(9-7-14)18(3,19)20;1-2/h4-10H,11H2,1-3H3,(H2,21,22);1-2H3. The highest BCUT2D eigenvalue weighted by Crippen LogP contribution is 2.26. The molecule has 0 atom stereocenters. The molecule has 2 N–H and O–H groups in total. The van der Waals surface area contributed by atoms with Gasteiger partial charge >= 0.3 is 0 Å². The Kier molecular flexibility index (Phi) is 7.08. The summed E-state index contributed by atoms with van der Waals surface area (Å²) in [5.41, 5.74) is 9.99. The molecule has 0 aromatic heterocycles. The van der Waals surface area contributed by atoms with Crippen LogP contribution in [0, 0.1) is 13.8 Å². The lowest BCUT2D eigenvalue weighted by Crippen LogP contribution is -2.15. The molecule has 130 valence electrons. The fraction of sp³-hybridized carbons (Fsp3) is 0.350. The molecule has 0 aliphatic carbocycles. The van der Waals surface area contributed by atoms with E-state index in [0.717, 1.165) is 29.2 Å². The first-order chi connectivity index (χ1) is 11.3. The van der Waals surface area contributed by atoms with Crippen molar-refractivity contribution in [3.8, 4) is 0 Å². The number of nitrogens with two attached hydrogens (primary N) is 1. The van der Waals surface area contributed by atoms with E-state index in [-0.39, 0.29) is 5.56 Å². The van der Waals surface area contributed by atoms with Crippen LogP contribution in [0.15, 0.2) is 47.5 Å². The number of aliphatic imine (C=N–C) groups is 1. The molecular weight excluding hydrogens is 306 g/mol. The van der Waals surface area contributed by atoms with E-state index in [0.29, 0.717) is 12.4 Å². The molecule has 2 aromatic carbocycles. The Balaban J connectivity index is 0.00000139. The van der Waals surface area contributed by atoms with Gasteiger partial charge in [0.15, 0.2) is 0 Å². The molecule has 0 unspecified atom stereocenters. The highest BCUT2D eigenvalue weighted by Gasteiger charge is 2.23. The molecule has 2 nitrogen and oxygen atoms in total. The first kappa shape index (κ1) is 19.8. The summed E-state index contributed by atoms with van der Waals surface area (Å²) in [5, 5.41) is 0. The van der Waals surface area contributed by atoms with Gasteiger partial charge in [-0.2, -0.15) is 0 Å². The third-order valence-electron chi connectivity index (χ3n) is 3.56. The Morgan fingerprint density at radius 2 is 1.62 bits per heavy atom. The Labute approximate surface area is 143 Å². The zero-order valence-electron chi connectivity index (χ0n) is 15.0. The molecule has 0 bridgehead atoms. The van der Waals surface area contributed by atoms with Gasteiger partial charge in [-0.25, -0.2) is 8.78 Å². The van der Waals surface area contributed by atoms with Gasteiger partial charge in [-0.1, -0.05) is 55.8 Å². The van der Waals surface area contributed by atoms with Crippen molar-refractivity contribution in [2.75, 3.05) is 0 Å². The topological polar surface area (TPSA) is 38.4 Å². The van der Waals surface area contributed by atoms with Gasteiger partial charge in [0.2, 0.25) is 0 Å². The predicted molar refractivity (Wildman–Crippen MR) is 97.7 cm³/mol. The van der Waals surface area contributed by atoms with Gasteiger partial charge in [-0.3, -0.25) is 4.99 Å². The maximum atomic E-state index is 13.2. The Morgan fingerprint density at radius 1 is 1.04 bits per heavy atom. The van der Waals surface area contributed by atoms with Crippen molar-refractivity contribution in [1.82, 2.24) is 0 Å². The van der Waals surface area contributed by atoms with Crippen molar-refractivity contribution in [2.45, 2.75) is 47.1 Å². The van der Waals surface area contributed by atoms with Gasteiger partial charge in [-0.15, -0.1) is 0 Å². The molecule has 4 heteroatoms. The first-order valence-electron chi connectivity index (χ1n) is 8.12. The Morgan fingerprint density at radius 3 is 2.17 bits per heavy atom. The normalized spacial score (nSPS) is 11.7. The minimum absolute atomic E-state index is 0.00253. The third-order valence-corrected chi connectivity index (χ3v) is 3.56. The van der Waals surface area contributed by atoms with Crippen LogP contribution in [0.5, 0.6) is 0 Å².